The van der Waals surface area contributed by atoms with E-state index in [0.717, 1.165) is 24.0 Å². The number of alkyl halides is 3. The average Bonchev–Trinajstić information content (AvgIpc) is 3.38. The van der Waals surface area contributed by atoms with E-state index in [1.54, 1.807) is 12.1 Å². The van der Waals surface area contributed by atoms with Gasteiger partial charge in [0.1, 0.15) is 31.3 Å². The Hall–Kier alpha value is -3.44. The number of hydrogen-bond donors (Lipinski definition) is 1. The van der Waals surface area contributed by atoms with Crippen LogP contribution in [0.25, 0.3) is 0 Å². The first-order valence-corrected chi connectivity index (χ1v) is 11.3. The van der Waals surface area contributed by atoms with Crippen molar-refractivity contribution in [2.45, 2.75) is 30.6 Å². The zero-order valence-electron chi connectivity index (χ0n) is 18.2. The van der Waals surface area contributed by atoms with Crippen LogP contribution >= 0.6 is 11.8 Å². The first-order valence-electron chi connectivity index (χ1n) is 10.4. The van der Waals surface area contributed by atoms with Crippen LogP contribution in [0.1, 0.15) is 28.6 Å². The molecule has 0 aliphatic carbocycles. The lowest BCUT2D eigenvalue weighted by Crippen LogP contribution is -2.23. The van der Waals surface area contributed by atoms with Crippen molar-refractivity contribution in [3.63, 3.8) is 0 Å². The Kier molecular flexibility index (Phi) is 7.37. The Labute approximate surface area is 201 Å². The minimum absolute atomic E-state index is 0.0203. The molecule has 35 heavy (non-hydrogen) atoms. The van der Waals surface area contributed by atoms with Crippen molar-refractivity contribution >= 4 is 17.7 Å². The molecule has 0 spiro atoms. The van der Waals surface area contributed by atoms with Crippen molar-refractivity contribution in [2.24, 2.45) is 0 Å². The van der Waals surface area contributed by atoms with Crippen molar-refractivity contribution in [1.82, 2.24) is 5.32 Å². The molecule has 184 valence electrons. The topological polar surface area (TPSA) is 90.9 Å². The standard InChI is InChI=1S/C24H20F3NO6S/c1-14-28-22(29)21(35-14)10-15-2-8-18(9-3-15)31-13-20(32-11-19-12-33-23(30)34-19)16-4-6-17(7-5-16)24(25,26)27/h2-9,12,20-21H,1,10-11,13H2,(H,28,29). The third-order valence-electron chi connectivity index (χ3n) is 5.12. The molecule has 2 atom stereocenters. The number of rotatable bonds is 9. The van der Waals surface area contributed by atoms with Crippen LogP contribution in [0.15, 0.2) is 80.0 Å². The molecule has 2 unspecified atom stereocenters. The molecule has 0 radical (unpaired) electrons. The second-order valence-electron chi connectivity index (χ2n) is 7.65. The Morgan fingerprint density at radius 2 is 1.80 bits per heavy atom. The Balaban J connectivity index is 1.41. The predicted octanol–water partition coefficient (Wildman–Crippen LogP) is 4.83. The molecule has 1 fully saturated rings. The van der Waals surface area contributed by atoms with E-state index in [9.17, 15) is 22.8 Å². The summed E-state index contributed by atoms with van der Waals surface area (Å²) in [5.74, 6) is -0.320. The molecular formula is C24H20F3NO6S. The number of thioether (sulfide) groups is 1. The Morgan fingerprint density at radius 1 is 1.09 bits per heavy atom. The summed E-state index contributed by atoms with van der Waals surface area (Å²) in [6.45, 7) is 3.58. The maximum Gasteiger partial charge on any atom is 0.518 e. The van der Waals surface area contributed by atoms with Gasteiger partial charge < -0.3 is 23.6 Å². The van der Waals surface area contributed by atoms with Crippen molar-refractivity contribution in [3.05, 3.63) is 99.5 Å². The molecule has 1 aromatic heterocycles. The number of carbonyl (C=O) groups is 1. The molecule has 1 saturated heterocycles. The SMILES string of the molecule is C=C1NC(=O)C(Cc2ccc(OCC(OCc3coc(=O)o3)c3ccc(C(F)(F)F)cc3)cc2)S1. The second kappa shape index (κ2) is 10.4. The van der Waals surface area contributed by atoms with Gasteiger partial charge in [-0.1, -0.05) is 42.6 Å². The summed E-state index contributed by atoms with van der Waals surface area (Å²) in [5, 5.41) is 3.07. The molecule has 1 aliphatic rings. The summed E-state index contributed by atoms with van der Waals surface area (Å²) in [5.41, 5.74) is 0.602. The quantitative estimate of drug-likeness (QED) is 0.444. The summed E-state index contributed by atoms with van der Waals surface area (Å²) in [6.07, 6.45) is -3.59. The van der Waals surface area contributed by atoms with Crippen molar-refractivity contribution in [3.8, 4) is 5.75 Å². The number of benzene rings is 2. The second-order valence-corrected chi connectivity index (χ2v) is 8.95. The number of halogens is 3. The van der Waals surface area contributed by atoms with Gasteiger partial charge in [0.15, 0.2) is 5.76 Å². The predicted molar refractivity (Wildman–Crippen MR) is 121 cm³/mol. The highest BCUT2D eigenvalue weighted by atomic mass is 32.2. The lowest BCUT2D eigenvalue weighted by atomic mass is 10.1. The summed E-state index contributed by atoms with van der Waals surface area (Å²) >= 11 is 1.38. The Bertz CT molecular complexity index is 1230. The van der Waals surface area contributed by atoms with E-state index in [0.29, 0.717) is 22.8 Å². The average molecular weight is 507 g/mol. The van der Waals surface area contributed by atoms with E-state index in [2.05, 4.69) is 16.3 Å². The molecule has 0 saturated carbocycles. The zero-order chi connectivity index (χ0) is 25.0. The maximum atomic E-state index is 12.9. The summed E-state index contributed by atoms with van der Waals surface area (Å²) in [6, 6.07) is 11.7. The van der Waals surface area contributed by atoms with Gasteiger partial charge in [0, 0.05) is 0 Å². The van der Waals surface area contributed by atoms with Gasteiger partial charge in [-0.05, 0) is 41.8 Å². The normalized spacial score (nSPS) is 16.8. The van der Waals surface area contributed by atoms with Crippen molar-refractivity contribution in [2.75, 3.05) is 6.61 Å². The van der Waals surface area contributed by atoms with E-state index in [1.807, 2.05) is 12.1 Å². The monoisotopic (exact) mass is 507 g/mol. The van der Waals surface area contributed by atoms with E-state index >= 15 is 0 Å². The third kappa shape index (κ3) is 6.58. The zero-order valence-corrected chi connectivity index (χ0v) is 19.0. The minimum Gasteiger partial charge on any atom is -0.491 e. The lowest BCUT2D eigenvalue weighted by molar-refractivity contribution is -0.137. The molecule has 0 bridgehead atoms. The van der Waals surface area contributed by atoms with Crippen LogP contribution in [0.2, 0.25) is 0 Å². The molecule has 2 heterocycles. The molecule has 1 amide bonds. The fourth-order valence-electron chi connectivity index (χ4n) is 3.36. The highest BCUT2D eigenvalue weighted by molar-refractivity contribution is 8.04. The lowest BCUT2D eigenvalue weighted by Gasteiger charge is -2.19. The fourth-order valence-corrected chi connectivity index (χ4v) is 4.30. The van der Waals surface area contributed by atoms with Crippen LogP contribution in [-0.2, 0) is 28.7 Å². The molecule has 3 aromatic rings. The fraction of sp³-hybridized carbons (Fsp3) is 0.250. The number of carbonyl (C=O) groups excluding carboxylic acids is 1. The molecule has 1 aliphatic heterocycles. The van der Waals surface area contributed by atoms with Crippen LogP contribution in [-0.4, -0.2) is 17.8 Å². The van der Waals surface area contributed by atoms with Gasteiger partial charge in [-0.3, -0.25) is 4.79 Å². The molecule has 11 heteroatoms. The minimum atomic E-state index is -4.46. The van der Waals surface area contributed by atoms with Crippen LogP contribution in [0.3, 0.4) is 0 Å². The molecule has 2 aromatic carbocycles. The van der Waals surface area contributed by atoms with Gasteiger partial charge in [0.25, 0.3) is 0 Å². The Morgan fingerprint density at radius 3 is 2.37 bits per heavy atom. The highest BCUT2D eigenvalue weighted by Crippen LogP contribution is 2.31. The molecule has 7 nitrogen and oxygen atoms in total. The van der Waals surface area contributed by atoms with Crippen LogP contribution < -0.4 is 15.9 Å². The van der Waals surface area contributed by atoms with Crippen LogP contribution in [0.5, 0.6) is 5.75 Å². The van der Waals surface area contributed by atoms with Crippen molar-refractivity contribution in [1.29, 1.82) is 0 Å². The van der Waals surface area contributed by atoms with Gasteiger partial charge in [-0.2, -0.15) is 13.2 Å². The third-order valence-corrected chi connectivity index (χ3v) is 6.17. The number of ether oxygens (including phenoxy) is 2. The first-order chi connectivity index (χ1) is 16.7. The van der Waals surface area contributed by atoms with Crippen LogP contribution in [0, 0.1) is 0 Å². The van der Waals surface area contributed by atoms with Crippen LogP contribution in [0.4, 0.5) is 13.2 Å². The molecule has 1 N–H and O–H groups in total. The number of nitrogens with one attached hydrogen (secondary N) is 1. The number of amides is 1. The first kappa shape index (κ1) is 24.7. The highest BCUT2D eigenvalue weighted by Gasteiger charge is 2.30. The van der Waals surface area contributed by atoms with E-state index < -0.39 is 23.7 Å². The maximum absolute atomic E-state index is 12.9. The van der Waals surface area contributed by atoms with E-state index in [4.69, 9.17) is 13.9 Å². The van der Waals surface area contributed by atoms with Gasteiger partial charge in [0.05, 0.1) is 15.8 Å². The van der Waals surface area contributed by atoms with Gasteiger partial charge in [-0.15, -0.1) is 0 Å². The summed E-state index contributed by atoms with van der Waals surface area (Å²) < 4.78 is 59.7. The van der Waals surface area contributed by atoms with Gasteiger partial charge >= 0.3 is 12.0 Å². The smallest absolute Gasteiger partial charge is 0.491 e. The van der Waals surface area contributed by atoms with E-state index in [-0.39, 0.29) is 30.1 Å². The molecular weight excluding hydrogens is 487 g/mol. The molecule has 4 rings (SSSR count). The van der Waals surface area contributed by atoms with Gasteiger partial charge in [0.2, 0.25) is 5.91 Å². The summed E-state index contributed by atoms with van der Waals surface area (Å²) in [7, 11) is 0. The van der Waals surface area contributed by atoms with Gasteiger partial charge in [-0.25, -0.2) is 4.79 Å². The largest absolute Gasteiger partial charge is 0.518 e. The van der Waals surface area contributed by atoms with Crippen molar-refractivity contribution < 1.29 is 36.3 Å². The summed E-state index contributed by atoms with van der Waals surface area (Å²) in [4.78, 5) is 23.0. The number of hydrogen-bond acceptors (Lipinski definition) is 7. The van der Waals surface area contributed by atoms with E-state index in [1.165, 1.54) is 23.9 Å².